The Morgan fingerprint density at radius 2 is 2.00 bits per heavy atom. The lowest BCUT2D eigenvalue weighted by molar-refractivity contribution is -0.130. The molecule has 3 rings (SSSR count). The minimum Gasteiger partial charge on any atom is -0.341 e. The zero-order valence-electron chi connectivity index (χ0n) is 14.0. The molecule has 1 saturated heterocycles. The number of carbonyl (C=O) groups excluding carboxylic acids is 1. The number of fused-ring (bicyclic) bond motifs is 1. The van der Waals surface area contributed by atoms with Crippen molar-refractivity contribution >= 4 is 27.7 Å². The van der Waals surface area contributed by atoms with E-state index in [1.165, 1.54) is 33.2 Å². The summed E-state index contributed by atoms with van der Waals surface area (Å²) in [6.45, 7) is 2.00. The van der Waals surface area contributed by atoms with Crippen LogP contribution in [-0.2, 0) is 27.7 Å². The second kappa shape index (κ2) is 7.45. The Kier molecular flexibility index (Phi) is 5.52. The van der Waals surface area contributed by atoms with Crippen molar-refractivity contribution in [3.05, 3.63) is 29.3 Å². The zero-order chi connectivity index (χ0) is 17.2. The van der Waals surface area contributed by atoms with Crippen LogP contribution in [0.4, 0.5) is 0 Å². The van der Waals surface area contributed by atoms with Crippen LogP contribution in [-0.4, -0.2) is 61.7 Å². The van der Waals surface area contributed by atoms with Crippen molar-refractivity contribution < 1.29 is 13.2 Å². The third kappa shape index (κ3) is 4.32. The smallest absolute Gasteiger partial charge is 0.227 e. The first-order chi connectivity index (χ1) is 11.4. The maximum absolute atomic E-state index is 12.6. The highest BCUT2D eigenvalue weighted by atomic mass is 32.2. The lowest BCUT2D eigenvalue weighted by Gasteiger charge is -2.22. The Morgan fingerprint density at radius 1 is 1.17 bits per heavy atom. The fourth-order valence-electron chi connectivity index (χ4n) is 3.28. The van der Waals surface area contributed by atoms with E-state index in [0.717, 1.165) is 12.0 Å². The van der Waals surface area contributed by atoms with Gasteiger partial charge >= 0.3 is 0 Å². The molecule has 0 spiro atoms. The average Bonchev–Trinajstić information content (AvgIpc) is 2.80. The molecule has 7 heteroatoms. The van der Waals surface area contributed by atoms with Crippen molar-refractivity contribution in [3.63, 3.8) is 0 Å². The first-order valence-electron chi connectivity index (χ1n) is 8.41. The summed E-state index contributed by atoms with van der Waals surface area (Å²) in [5.41, 5.74) is 2.42. The van der Waals surface area contributed by atoms with Gasteiger partial charge in [0, 0.05) is 31.1 Å². The minimum absolute atomic E-state index is 0.0914. The van der Waals surface area contributed by atoms with Crippen LogP contribution in [0.5, 0.6) is 0 Å². The fraction of sp³-hybridized carbons (Fsp3) is 0.588. The molecule has 0 atom stereocenters. The lowest BCUT2D eigenvalue weighted by Crippen LogP contribution is -2.37. The molecular weight excluding hydrogens is 344 g/mol. The zero-order valence-corrected chi connectivity index (χ0v) is 15.7. The predicted molar refractivity (Wildman–Crippen MR) is 96.8 cm³/mol. The number of amides is 1. The number of thioether (sulfide) groups is 1. The van der Waals surface area contributed by atoms with Gasteiger partial charge < -0.3 is 4.90 Å². The van der Waals surface area contributed by atoms with E-state index >= 15 is 0 Å². The number of aryl methyl sites for hydroxylation is 1. The molecule has 0 unspecified atom stereocenters. The normalized spacial score (nSPS) is 19.6. The molecule has 0 bridgehead atoms. The number of sulfonamides is 1. The molecule has 24 heavy (non-hydrogen) atoms. The summed E-state index contributed by atoms with van der Waals surface area (Å²) in [6.07, 6.45) is 4.62. The molecule has 0 aliphatic carbocycles. The fourth-order valence-corrected chi connectivity index (χ4v) is 5.18. The lowest BCUT2D eigenvalue weighted by atomic mass is 10.0. The number of benzene rings is 1. The molecule has 0 aromatic heterocycles. The number of carbonyl (C=O) groups is 1. The second-order valence-electron chi connectivity index (χ2n) is 6.47. The molecule has 2 aliphatic rings. The van der Waals surface area contributed by atoms with Crippen LogP contribution in [0.3, 0.4) is 0 Å². The average molecular weight is 369 g/mol. The van der Waals surface area contributed by atoms with E-state index in [1.807, 2.05) is 11.8 Å². The third-order valence-corrected chi connectivity index (χ3v) is 7.11. The van der Waals surface area contributed by atoms with Gasteiger partial charge in [-0.05, 0) is 42.2 Å². The summed E-state index contributed by atoms with van der Waals surface area (Å²) >= 11 is 1.89. The Morgan fingerprint density at radius 3 is 2.79 bits per heavy atom. The highest BCUT2D eigenvalue weighted by Gasteiger charge is 2.24. The molecule has 1 aromatic carbocycles. The molecule has 132 valence electrons. The van der Waals surface area contributed by atoms with Gasteiger partial charge in [0.1, 0.15) is 0 Å². The van der Waals surface area contributed by atoms with Crippen LogP contribution in [0.1, 0.15) is 24.0 Å². The van der Waals surface area contributed by atoms with Gasteiger partial charge in [0.2, 0.25) is 15.9 Å². The second-order valence-corrected chi connectivity index (χ2v) is 9.59. The SMILES string of the molecule is CS(=O)(=O)N1CCCN(C(=O)Cc2ccc3c(c2)CCCS3)CC1. The van der Waals surface area contributed by atoms with Crippen molar-refractivity contribution in [1.29, 1.82) is 0 Å². The third-order valence-electron chi connectivity index (χ3n) is 4.60. The maximum Gasteiger partial charge on any atom is 0.227 e. The molecule has 0 saturated carbocycles. The van der Waals surface area contributed by atoms with E-state index in [0.29, 0.717) is 39.0 Å². The first-order valence-corrected chi connectivity index (χ1v) is 11.2. The summed E-state index contributed by atoms with van der Waals surface area (Å²) in [6, 6.07) is 6.35. The minimum atomic E-state index is -3.17. The van der Waals surface area contributed by atoms with Gasteiger partial charge in [-0.3, -0.25) is 4.79 Å². The van der Waals surface area contributed by atoms with Crippen LogP contribution < -0.4 is 0 Å². The van der Waals surface area contributed by atoms with Gasteiger partial charge in [0.05, 0.1) is 12.7 Å². The summed E-state index contributed by atoms with van der Waals surface area (Å²) < 4.78 is 24.8. The van der Waals surface area contributed by atoms with Crippen LogP contribution in [0, 0.1) is 0 Å². The molecule has 1 fully saturated rings. The molecule has 2 aliphatic heterocycles. The summed E-state index contributed by atoms with van der Waals surface area (Å²) in [5, 5.41) is 0. The Hall–Kier alpha value is -1.05. The largest absolute Gasteiger partial charge is 0.341 e. The van der Waals surface area contributed by atoms with Gasteiger partial charge in [-0.15, -0.1) is 11.8 Å². The molecule has 2 heterocycles. The van der Waals surface area contributed by atoms with E-state index in [1.54, 1.807) is 4.90 Å². The predicted octanol–water partition coefficient (Wildman–Crippen LogP) is 1.76. The number of nitrogens with zero attached hydrogens (tertiary/aromatic N) is 2. The molecule has 1 aromatic rings. The Labute approximate surface area is 148 Å². The van der Waals surface area contributed by atoms with Gasteiger partial charge in [0.25, 0.3) is 0 Å². The highest BCUT2D eigenvalue weighted by molar-refractivity contribution is 7.99. The standard InChI is InChI=1S/C17H24N2O3S2/c1-24(21,22)19-8-3-7-18(9-10-19)17(20)13-14-5-6-16-15(12-14)4-2-11-23-16/h5-6,12H,2-4,7-11,13H2,1H3. The number of hydrogen-bond donors (Lipinski definition) is 0. The number of rotatable bonds is 3. The van der Waals surface area contributed by atoms with Crippen LogP contribution in [0.25, 0.3) is 0 Å². The van der Waals surface area contributed by atoms with Crippen molar-refractivity contribution in [2.45, 2.75) is 30.6 Å². The van der Waals surface area contributed by atoms with Crippen LogP contribution in [0.15, 0.2) is 23.1 Å². The van der Waals surface area contributed by atoms with E-state index < -0.39 is 10.0 Å². The van der Waals surface area contributed by atoms with E-state index in [-0.39, 0.29) is 5.91 Å². The molecular formula is C17H24N2O3S2. The topological polar surface area (TPSA) is 57.7 Å². The van der Waals surface area contributed by atoms with Crippen LogP contribution >= 0.6 is 11.8 Å². The van der Waals surface area contributed by atoms with Crippen LogP contribution in [0.2, 0.25) is 0 Å². The highest BCUT2D eigenvalue weighted by Crippen LogP contribution is 2.30. The van der Waals surface area contributed by atoms with E-state index in [9.17, 15) is 13.2 Å². The molecule has 0 N–H and O–H groups in total. The molecule has 1 amide bonds. The van der Waals surface area contributed by atoms with Crippen molar-refractivity contribution in [2.24, 2.45) is 0 Å². The Balaban J connectivity index is 1.63. The van der Waals surface area contributed by atoms with Crippen molar-refractivity contribution in [3.8, 4) is 0 Å². The quantitative estimate of drug-likeness (QED) is 0.816. The number of hydrogen-bond acceptors (Lipinski definition) is 4. The molecule has 0 radical (unpaired) electrons. The summed E-state index contributed by atoms with van der Waals surface area (Å²) in [7, 11) is -3.17. The maximum atomic E-state index is 12.6. The van der Waals surface area contributed by atoms with Gasteiger partial charge in [-0.1, -0.05) is 12.1 Å². The van der Waals surface area contributed by atoms with Crippen molar-refractivity contribution in [1.82, 2.24) is 9.21 Å². The first kappa shape index (κ1) is 17.8. The van der Waals surface area contributed by atoms with E-state index in [2.05, 4.69) is 18.2 Å². The Bertz CT molecular complexity index is 719. The van der Waals surface area contributed by atoms with Gasteiger partial charge in [-0.25, -0.2) is 12.7 Å². The monoisotopic (exact) mass is 368 g/mol. The molecule has 5 nitrogen and oxygen atoms in total. The van der Waals surface area contributed by atoms with Gasteiger partial charge in [-0.2, -0.15) is 0 Å². The van der Waals surface area contributed by atoms with Crippen molar-refractivity contribution in [2.75, 3.05) is 38.2 Å². The van der Waals surface area contributed by atoms with Gasteiger partial charge in [0.15, 0.2) is 0 Å². The summed E-state index contributed by atoms with van der Waals surface area (Å²) in [4.78, 5) is 15.7. The van der Waals surface area contributed by atoms with E-state index in [4.69, 9.17) is 0 Å². The summed E-state index contributed by atoms with van der Waals surface area (Å²) in [5.74, 6) is 1.27.